The minimum atomic E-state index is -3.74. The molecular weight excluding hydrogens is 320 g/mol. The number of thiazole rings is 1. The lowest BCUT2D eigenvalue weighted by molar-refractivity contribution is 0.281. The number of benzene rings is 1. The van der Waals surface area contributed by atoms with Gasteiger partial charge in [0.15, 0.2) is 0 Å². The summed E-state index contributed by atoms with van der Waals surface area (Å²) in [5.74, 6) is 0. The van der Waals surface area contributed by atoms with Gasteiger partial charge in [-0.2, -0.15) is 0 Å². The molecule has 0 aliphatic carbocycles. The van der Waals surface area contributed by atoms with Gasteiger partial charge in [0.05, 0.1) is 28.9 Å². The van der Waals surface area contributed by atoms with Crippen molar-refractivity contribution in [2.75, 3.05) is 0 Å². The number of halogens is 1. The second kappa shape index (κ2) is 6.19. The Labute approximate surface area is 126 Å². The van der Waals surface area contributed by atoms with E-state index in [1.54, 1.807) is 11.4 Å². The highest BCUT2D eigenvalue weighted by Gasteiger charge is 2.18. The molecule has 1 aromatic heterocycles. The smallest absolute Gasteiger partial charge is 0.242 e. The molecule has 0 unspecified atom stereocenters. The highest BCUT2D eigenvalue weighted by atomic mass is 35.5. The van der Waals surface area contributed by atoms with Gasteiger partial charge >= 0.3 is 0 Å². The zero-order valence-corrected chi connectivity index (χ0v) is 13.0. The molecule has 2 rings (SSSR count). The molecule has 0 aliphatic rings. The van der Waals surface area contributed by atoms with Crippen LogP contribution in [0.2, 0.25) is 5.02 Å². The van der Waals surface area contributed by atoms with E-state index in [1.165, 1.54) is 23.5 Å². The van der Waals surface area contributed by atoms with Crippen molar-refractivity contribution < 1.29 is 13.5 Å². The molecule has 108 valence electrons. The SMILES string of the molecule is Cc1nc(CNS(=O)(=O)c2cc(CO)ccc2Cl)cs1. The number of aliphatic hydroxyl groups excluding tert-OH is 1. The first-order valence-corrected chi connectivity index (χ1v) is 8.46. The lowest BCUT2D eigenvalue weighted by Gasteiger charge is -2.08. The van der Waals surface area contributed by atoms with Gasteiger partial charge in [0, 0.05) is 5.38 Å². The standard InChI is InChI=1S/C12H13ClN2O3S2/c1-8-15-10(7-19-8)5-14-20(17,18)12-4-9(6-16)2-3-11(12)13/h2-4,7,14,16H,5-6H2,1H3. The predicted octanol–water partition coefficient (Wildman–Crippen LogP) is 2.08. The van der Waals surface area contributed by atoms with E-state index < -0.39 is 10.0 Å². The number of aromatic nitrogens is 1. The lowest BCUT2D eigenvalue weighted by Crippen LogP contribution is -2.24. The van der Waals surface area contributed by atoms with E-state index in [-0.39, 0.29) is 23.1 Å². The van der Waals surface area contributed by atoms with Gasteiger partial charge in [-0.05, 0) is 24.6 Å². The normalized spacial score (nSPS) is 11.8. The summed E-state index contributed by atoms with van der Waals surface area (Å²) in [7, 11) is -3.74. The van der Waals surface area contributed by atoms with Crippen molar-refractivity contribution in [2.45, 2.75) is 25.0 Å². The van der Waals surface area contributed by atoms with Crippen LogP contribution in [0.5, 0.6) is 0 Å². The topological polar surface area (TPSA) is 79.3 Å². The number of aryl methyl sites for hydroxylation is 1. The maximum absolute atomic E-state index is 12.2. The second-order valence-corrected chi connectivity index (χ2v) is 7.31. The van der Waals surface area contributed by atoms with Gasteiger partial charge in [0.25, 0.3) is 0 Å². The molecule has 8 heteroatoms. The molecule has 1 aromatic carbocycles. The number of hydrogen-bond donors (Lipinski definition) is 2. The summed E-state index contributed by atoms with van der Waals surface area (Å²) >= 11 is 7.36. The molecule has 0 spiro atoms. The summed E-state index contributed by atoms with van der Waals surface area (Å²) in [6, 6.07) is 4.39. The fourth-order valence-corrected chi connectivity index (χ4v) is 3.75. The predicted molar refractivity (Wildman–Crippen MR) is 78.3 cm³/mol. The Kier molecular flexibility index (Phi) is 4.77. The highest BCUT2D eigenvalue weighted by Crippen LogP contribution is 2.23. The average Bonchev–Trinajstić information content (AvgIpc) is 2.83. The molecule has 0 fully saturated rings. The molecule has 0 atom stereocenters. The number of aliphatic hydroxyl groups is 1. The van der Waals surface area contributed by atoms with Gasteiger partial charge in [-0.1, -0.05) is 17.7 Å². The van der Waals surface area contributed by atoms with Crippen molar-refractivity contribution in [2.24, 2.45) is 0 Å². The van der Waals surface area contributed by atoms with Crippen molar-refractivity contribution in [3.05, 3.63) is 44.9 Å². The Morgan fingerprint density at radius 2 is 2.20 bits per heavy atom. The zero-order chi connectivity index (χ0) is 14.8. The third-order valence-electron chi connectivity index (χ3n) is 2.58. The van der Waals surface area contributed by atoms with Crippen LogP contribution < -0.4 is 4.72 Å². The van der Waals surface area contributed by atoms with Gasteiger partial charge in [-0.25, -0.2) is 18.1 Å². The minimum Gasteiger partial charge on any atom is -0.392 e. The van der Waals surface area contributed by atoms with Gasteiger partial charge in [-0.15, -0.1) is 11.3 Å². The first-order valence-electron chi connectivity index (χ1n) is 5.72. The molecule has 20 heavy (non-hydrogen) atoms. The summed E-state index contributed by atoms with van der Waals surface area (Å²) in [6.07, 6.45) is 0. The molecule has 0 saturated heterocycles. The first kappa shape index (κ1) is 15.4. The third kappa shape index (κ3) is 3.56. The van der Waals surface area contributed by atoms with E-state index in [9.17, 15) is 8.42 Å². The number of nitrogens with one attached hydrogen (secondary N) is 1. The molecule has 0 radical (unpaired) electrons. The maximum Gasteiger partial charge on any atom is 0.242 e. The lowest BCUT2D eigenvalue weighted by atomic mass is 10.2. The number of hydrogen-bond acceptors (Lipinski definition) is 5. The second-order valence-electron chi connectivity index (χ2n) is 4.11. The summed E-state index contributed by atoms with van der Waals surface area (Å²) in [5, 5.41) is 11.8. The Bertz CT molecular complexity index is 713. The van der Waals surface area contributed by atoms with Crippen LogP contribution in [0.1, 0.15) is 16.3 Å². The molecule has 2 N–H and O–H groups in total. The molecule has 0 aliphatic heterocycles. The third-order valence-corrected chi connectivity index (χ3v) is 5.28. The first-order chi connectivity index (χ1) is 9.42. The Morgan fingerprint density at radius 3 is 2.80 bits per heavy atom. The van der Waals surface area contributed by atoms with Crippen LogP contribution in [0.3, 0.4) is 0 Å². The van der Waals surface area contributed by atoms with E-state index in [0.29, 0.717) is 11.3 Å². The van der Waals surface area contributed by atoms with Crippen LogP contribution in [0.25, 0.3) is 0 Å². The fraction of sp³-hybridized carbons (Fsp3) is 0.250. The largest absolute Gasteiger partial charge is 0.392 e. The average molecular weight is 333 g/mol. The molecule has 0 amide bonds. The van der Waals surface area contributed by atoms with Crippen LogP contribution >= 0.6 is 22.9 Å². The van der Waals surface area contributed by atoms with Gasteiger partial charge in [0.2, 0.25) is 10.0 Å². The van der Waals surface area contributed by atoms with E-state index >= 15 is 0 Å². The number of sulfonamides is 1. The van der Waals surface area contributed by atoms with Gasteiger partial charge < -0.3 is 5.11 Å². The summed E-state index contributed by atoms with van der Waals surface area (Å²) in [5.41, 5.74) is 1.14. The Hall–Kier alpha value is -0.990. The van der Waals surface area contributed by atoms with E-state index in [2.05, 4.69) is 9.71 Å². The Morgan fingerprint density at radius 1 is 1.45 bits per heavy atom. The van der Waals surface area contributed by atoms with E-state index in [0.717, 1.165) is 5.01 Å². The van der Waals surface area contributed by atoms with Crippen LogP contribution in [0.15, 0.2) is 28.5 Å². The quantitative estimate of drug-likeness (QED) is 0.878. The summed E-state index contributed by atoms with van der Waals surface area (Å²) in [4.78, 5) is 4.14. The molecule has 5 nitrogen and oxygen atoms in total. The van der Waals surface area contributed by atoms with Crippen molar-refractivity contribution in [3.8, 4) is 0 Å². The summed E-state index contributed by atoms with van der Waals surface area (Å²) in [6.45, 7) is 1.71. The fourth-order valence-electron chi connectivity index (χ4n) is 1.59. The monoisotopic (exact) mass is 332 g/mol. The molecule has 2 aromatic rings. The van der Waals surface area contributed by atoms with Crippen LogP contribution in [0.4, 0.5) is 0 Å². The minimum absolute atomic E-state index is 0.0438. The van der Waals surface area contributed by atoms with Crippen LogP contribution in [-0.2, 0) is 23.2 Å². The molecule has 1 heterocycles. The van der Waals surface area contributed by atoms with Gasteiger partial charge in [0.1, 0.15) is 4.90 Å². The number of rotatable bonds is 5. The van der Waals surface area contributed by atoms with E-state index in [1.807, 2.05) is 6.92 Å². The van der Waals surface area contributed by atoms with E-state index in [4.69, 9.17) is 16.7 Å². The van der Waals surface area contributed by atoms with Gasteiger partial charge in [-0.3, -0.25) is 0 Å². The van der Waals surface area contributed by atoms with Crippen molar-refractivity contribution in [1.29, 1.82) is 0 Å². The van der Waals surface area contributed by atoms with Crippen molar-refractivity contribution >= 4 is 33.0 Å². The summed E-state index contributed by atoms with van der Waals surface area (Å²) < 4.78 is 26.8. The van der Waals surface area contributed by atoms with Crippen molar-refractivity contribution in [1.82, 2.24) is 9.71 Å². The maximum atomic E-state index is 12.2. The zero-order valence-electron chi connectivity index (χ0n) is 10.6. The van der Waals surface area contributed by atoms with Crippen LogP contribution in [0, 0.1) is 6.92 Å². The molecular formula is C12H13ClN2O3S2. The highest BCUT2D eigenvalue weighted by molar-refractivity contribution is 7.89. The molecule has 0 saturated carbocycles. The van der Waals surface area contributed by atoms with Crippen LogP contribution in [-0.4, -0.2) is 18.5 Å². The Balaban J connectivity index is 2.21. The molecule has 0 bridgehead atoms. The van der Waals surface area contributed by atoms with Crippen molar-refractivity contribution in [3.63, 3.8) is 0 Å². The number of nitrogens with zero attached hydrogens (tertiary/aromatic N) is 1.